The SMILES string of the molecule is C=CCC(OC)(c1cc(Cl)cc(Cl)c1)C(F)(F)F. The van der Waals surface area contributed by atoms with E-state index in [4.69, 9.17) is 27.9 Å². The number of halogens is 5. The monoisotopic (exact) mass is 298 g/mol. The third-order valence-corrected chi connectivity index (χ3v) is 3.00. The van der Waals surface area contributed by atoms with Gasteiger partial charge in [-0.15, -0.1) is 6.58 Å². The van der Waals surface area contributed by atoms with Gasteiger partial charge in [0, 0.05) is 23.6 Å². The minimum Gasteiger partial charge on any atom is -0.364 e. The van der Waals surface area contributed by atoms with E-state index in [2.05, 4.69) is 6.58 Å². The molecule has 1 aromatic rings. The molecule has 0 heterocycles. The summed E-state index contributed by atoms with van der Waals surface area (Å²) in [5.74, 6) is 0. The van der Waals surface area contributed by atoms with Crippen molar-refractivity contribution >= 4 is 23.2 Å². The van der Waals surface area contributed by atoms with Crippen LogP contribution < -0.4 is 0 Å². The van der Waals surface area contributed by atoms with Crippen molar-refractivity contribution in [3.05, 3.63) is 46.5 Å². The van der Waals surface area contributed by atoms with Crippen molar-refractivity contribution in [3.8, 4) is 0 Å². The van der Waals surface area contributed by atoms with Gasteiger partial charge in [-0.1, -0.05) is 29.3 Å². The van der Waals surface area contributed by atoms with Gasteiger partial charge >= 0.3 is 6.18 Å². The van der Waals surface area contributed by atoms with Gasteiger partial charge < -0.3 is 4.74 Å². The van der Waals surface area contributed by atoms with Crippen LogP contribution in [0.5, 0.6) is 0 Å². The quantitative estimate of drug-likeness (QED) is 0.713. The Labute approximate surface area is 113 Å². The molecule has 0 aromatic heterocycles. The second kappa shape index (κ2) is 5.51. The number of alkyl halides is 3. The first-order valence-electron chi connectivity index (χ1n) is 4.96. The lowest BCUT2D eigenvalue weighted by Gasteiger charge is -2.34. The van der Waals surface area contributed by atoms with Crippen LogP contribution >= 0.6 is 23.2 Å². The molecule has 6 heteroatoms. The fourth-order valence-electron chi connectivity index (χ4n) is 1.70. The summed E-state index contributed by atoms with van der Waals surface area (Å²) in [5, 5.41) is 0.236. The molecular weight excluding hydrogens is 288 g/mol. The van der Waals surface area contributed by atoms with Crippen LogP contribution in [0.3, 0.4) is 0 Å². The van der Waals surface area contributed by atoms with Crippen molar-refractivity contribution in [1.82, 2.24) is 0 Å². The van der Waals surface area contributed by atoms with E-state index in [1.165, 1.54) is 18.2 Å². The summed E-state index contributed by atoms with van der Waals surface area (Å²) in [5.41, 5.74) is -2.63. The van der Waals surface area contributed by atoms with Gasteiger partial charge in [0.2, 0.25) is 0 Å². The van der Waals surface area contributed by atoms with Crippen LogP contribution in [-0.2, 0) is 10.3 Å². The highest BCUT2D eigenvalue weighted by Gasteiger charge is 2.56. The molecule has 0 radical (unpaired) electrons. The predicted octanol–water partition coefficient (Wildman–Crippen LogP) is 4.97. The Hall–Kier alpha value is -0.710. The molecule has 0 bridgehead atoms. The van der Waals surface area contributed by atoms with E-state index in [0.717, 1.165) is 13.2 Å². The molecule has 0 aliphatic carbocycles. The molecule has 0 aliphatic heterocycles. The van der Waals surface area contributed by atoms with E-state index in [9.17, 15) is 13.2 Å². The van der Waals surface area contributed by atoms with Crippen molar-refractivity contribution in [2.24, 2.45) is 0 Å². The molecule has 0 N–H and O–H groups in total. The largest absolute Gasteiger partial charge is 0.421 e. The van der Waals surface area contributed by atoms with Crippen LogP contribution in [0.25, 0.3) is 0 Å². The van der Waals surface area contributed by atoms with Gasteiger partial charge in [0.25, 0.3) is 0 Å². The topological polar surface area (TPSA) is 9.23 Å². The predicted molar refractivity (Wildman–Crippen MR) is 66.0 cm³/mol. The molecule has 0 aliphatic rings. The standard InChI is InChI=1S/C12H11Cl2F3O/c1-3-4-11(18-2,12(15,16)17)8-5-9(13)7-10(14)6-8/h3,5-7H,1,4H2,2H3. The van der Waals surface area contributed by atoms with Crippen LogP contribution in [0.4, 0.5) is 13.2 Å². The molecule has 0 saturated heterocycles. The lowest BCUT2D eigenvalue weighted by Crippen LogP contribution is -2.43. The summed E-state index contributed by atoms with van der Waals surface area (Å²) in [7, 11) is 0.992. The number of benzene rings is 1. The minimum atomic E-state index is -4.61. The first-order chi connectivity index (χ1) is 8.26. The molecule has 100 valence electrons. The smallest absolute Gasteiger partial charge is 0.364 e. The first kappa shape index (κ1) is 15.3. The Bertz CT molecular complexity index is 425. The second-order valence-corrected chi connectivity index (χ2v) is 4.55. The molecular formula is C12H11Cl2F3O. The van der Waals surface area contributed by atoms with Crippen LogP contribution in [-0.4, -0.2) is 13.3 Å². The maximum absolute atomic E-state index is 13.3. The van der Waals surface area contributed by atoms with Gasteiger partial charge in [-0.25, -0.2) is 0 Å². The Morgan fingerprint density at radius 3 is 2.06 bits per heavy atom. The lowest BCUT2D eigenvalue weighted by atomic mass is 9.89. The van der Waals surface area contributed by atoms with Crippen molar-refractivity contribution in [3.63, 3.8) is 0 Å². The number of ether oxygens (including phenoxy) is 1. The lowest BCUT2D eigenvalue weighted by molar-refractivity contribution is -0.275. The Morgan fingerprint density at radius 1 is 1.22 bits per heavy atom. The van der Waals surface area contributed by atoms with Crippen molar-refractivity contribution in [2.75, 3.05) is 7.11 Å². The Balaban J connectivity index is 3.46. The van der Waals surface area contributed by atoms with Gasteiger partial charge in [0.1, 0.15) is 0 Å². The number of hydrogen-bond acceptors (Lipinski definition) is 1. The van der Waals surface area contributed by atoms with E-state index in [0.29, 0.717) is 0 Å². The van der Waals surface area contributed by atoms with E-state index < -0.39 is 18.2 Å². The van der Waals surface area contributed by atoms with Crippen LogP contribution in [0, 0.1) is 0 Å². The first-order valence-corrected chi connectivity index (χ1v) is 5.72. The van der Waals surface area contributed by atoms with E-state index in [1.807, 2.05) is 0 Å². The van der Waals surface area contributed by atoms with E-state index in [-0.39, 0.29) is 15.6 Å². The second-order valence-electron chi connectivity index (χ2n) is 3.68. The zero-order valence-electron chi connectivity index (χ0n) is 9.52. The van der Waals surface area contributed by atoms with Crippen LogP contribution in [0.15, 0.2) is 30.9 Å². The molecule has 18 heavy (non-hydrogen) atoms. The molecule has 0 saturated carbocycles. The maximum Gasteiger partial charge on any atom is 0.421 e. The zero-order valence-corrected chi connectivity index (χ0v) is 11.0. The summed E-state index contributed by atoms with van der Waals surface area (Å²) < 4.78 is 44.5. The Kier molecular flexibility index (Phi) is 4.70. The summed E-state index contributed by atoms with van der Waals surface area (Å²) in [6.07, 6.45) is -3.89. The highest BCUT2D eigenvalue weighted by Crippen LogP contribution is 2.45. The Morgan fingerprint density at radius 2 is 1.72 bits per heavy atom. The average molecular weight is 299 g/mol. The molecule has 0 fully saturated rings. The van der Waals surface area contributed by atoms with Crippen molar-refractivity contribution in [1.29, 1.82) is 0 Å². The maximum atomic E-state index is 13.3. The summed E-state index contributed by atoms with van der Waals surface area (Å²) in [4.78, 5) is 0. The number of hydrogen-bond donors (Lipinski definition) is 0. The van der Waals surface area contributed by atoms with E-state index in [1.54, 1.807) is 0 Å². The summed E-state index contributed by atoms with van der Waals surface area (Å²) in [6, 6.07) is 3.74. The van der Waals surface area contributed by atoms with Gasteiger partial charge in [0.05, 0.1) is 0 Å². The number of methoxy groups -OCH3 is 1. The summed E-state index contributed by atoms with van der Waals surface area (Å²) >= 11 is 11.5. The van der Waals surface area contributed by atoms with Crippen molar-refractivity contribution < 1.29 is 17.9 Å². The fourth-order valence-corrected chi connectivity index (χ4v) is 2.23. The highest BCUT2D eigenvalue weighted by molar-refractivity contribution is 6.34. The van der Waals surface area contributed by atoms with Gasteiger partial charge in [-0.2, -0.15) is 13.2 Å². The molecule has 0 spiro atoms. The molecule has 0 amide bonds. The minimum absolute atomic E-state index is 0.118. The molecule has 1 nitrogen and oxygen atoms in total. The van der Waals surface area contributed by atoms with E-state index >= 15 is 0 Å². The number of rotatable bonds is 4. The third kappa shape index (κ3) is 2.82. The third-order valence-electron chi connectivity index (χ3n) is 2.57. The van der Waals surface area contributed by atoms with Gasteiger partial charge in [-0.05, 0) is 23.8 Å². The fraction of sp³-hybridized carbons (Fsp3) is 0.333. The molecule has 1 atom stereocenters. The summed E-state index contributed by atoms with van der Waals surface area (Å²) in [6.45, 7) is 3.33. The normalized spacial score (nSPS) is 15.2. The van der Waals surface area contributed by atoms with Crippen molar-refractivity contribution in [2.45, 2.75) is 18.2 Å². The molecule has 1 unspecified atom stereocenters. The van der Waals surface area contributed by atoms with Crippen LogP contribution in [0.2, 0.25) is 10.0 Å². The highest BCUT2D eigenvalue weighted by atomic mass is 35.5. The zero-order chi connectivity index (χ0) is 14.0. The molecule has 1 rings (SSSR count). The average Bonchev–Trinajstić information content (AvgIpc) is 2.22. The van der Waals surface area contributed by atoms with Gasteiger partial charge in [0.15, 0.2) is 5.60 Å². The van der Waals surface area contributed by atoms with Crippen LogP contribution in [0.1, 0.15) is 12.0 Å². The van der Waals surface area contributed by atoms with Gasteiger partial charge in [-0.3, -0.25) is 0 Å². The molecule has 1 aromatic carbocycles.